The summed E-state index contributed by atoms with van der Waals surface area (Å²) < 4.78 is 64.3. The van der Waals surface area contributed by atoms with Crippen LogP contribution in [0.15, 0.2) is 66.7 Å². The standard InChI is InChI=1S/C26H22F4O2/c1-2-3-4-5-17-6-8-18(9-7-17)19-10-12-20(13-11-19)24(27)25(28)21-14-15-22-23(16-21)32-26(29,30)31-22/h6-16H,2-5H2,1H3/b25-24+. The van der Waals surface area contributed by atoms with Gasteiger partial charge < -0.3 is 9.47 Å². The lowest BCUT2D eigenvalue weighted by Crippen LogP contribution is -2.25. The van der Waals surface area contributed by atoms with Crippen LogP contribution in [0.5, 0.6) is 11.5 Å². The van der Waals surface area contributed by atoms with Crippen LogP contribution in [0, 0.1) is 0 Å². The molecule has 1 aliphatic rings. The van der Waals surface area contributed by atoms with E-state index < -0.39 is 17.9 Å². The van der Waals surface area contributed by atoms with E-state index in [4.69, 9.17) is 0 Å². The summed E-state index contributed by atoms with van der Waals surface area (Å²) in [5, 5.41) is 0. The summed E-state index contributed by atoms with van der Waals surface area (Å²) in [4.78, 5) is 0. The lowest BCUT2D eigenvalue weighted by Gasteiger charge is -2.07. The molecule has 32 heavy (non-hydrogen) atoms. The van der Waals surface area contributed by atoms with Crippen molar-refractivity contribution in [3.63, 3.8) is 0 Å². The SMILES string of the molecule is CCCCCc1ccc(-c2ccc(/C(F)=C(\F)c3ccc4c(c3)OC(F)(F)O4)cc2)cc1. The Morgan fingerprint density at radius 1 is 0.719 bits per heavy atom. The number of hydrogen-bond donors (Lipinski definition) is 0. The third-order valence-electron chi connectivity index (χ3n) is 5.34. The molecule has 3 aromatic rings. The molecule has 0 spiro atoms. The summed E-state index contributed by atoms with van der Waals surface area (Å²) >= 11 is 0. The van der Waals surface area contributed by atoms with Gasteiger partial charge in [0.25, 0.3) is 0 Å². The van der Waals surface area contributed by atoms with E-state index in [-0.39, 0.29) is 22.6 Å². The Morgan fingerprint density at radius 2 is 1.28 bits per heavy atom. The number of alkyl halides is 2. The second-order valence-corrected chi connectivity index (χ2v) is 7.69. The van der Waals surface area contributed by atoms with Gasteiger partial charge in [0, 0.05) is 11.1 Å². The topological polar surface area (TPSA) is 18.5 Å². The number of fused-ring (bicyclic) bond motifs is 1. The molecule has 0 bridgehead atoms. The van der Waals surface area contributed by atoms with Gasteiger partial charge in [-0.15, -0.1) is 8.78 Å². The number of hydrogen-bond acceptors (Lipinski definition) is 2. The summed E-state index contributed by atoms with van der Waals surface area (Å²) in [6.07, 6.45) is 0.773. The minimum atomic E-state index is -3.82. The molecule has 1 heterocycles. The fourth-order valence-electron chi connectivity index (χ4n) is 3.59. The molecule has 0 atom stereocenters. The molecule has 0 fully saturated rings. The molecule has 4 rings (SSSR count). The van der Waals surface area contributed by atoms with Crippen LogP contribution in [0.3, 0.4) is 0 Å². The van der Waals surface area contributed by atoms with Gasteiger partial charge in [-0.05, 0) is 47.7 Å². The normalized spacial score (nSPS) is 14.9. The highest BCUT2D eigenvalue weighted by atomic mass is 19.3. The zero-order chi connectivity index (χ0) is 22.7. The summed E-state index contributed by atoms with van der Waals surface area (Å²) in [6.45, 7) is 2.17. The highest BCUT2D eigenvalue weighted by molar-refractivity contribution is 5.84. The molecule has 6 heteroatoms. The van der Waals surface area contributed by atoms with Crippen molar-refractivity contribution < 1.29 is 27.0 Å². The third kappa shape index (κ3) is 4.79. The van der Waals surface area contributed by atoms with Gasteiger partial charge in [-0.25, -0.2) is 8.78 Å². The van der Waals surface area contributed by atoms with Crippen LogP contribution in [0.4, 0.5) is 17.6 Å². The highest BCUT2D eigenvalue weighted by Crippen LogP contribution is 2.43. The van der Waals surface area contributed by atoms with Gasteiger partial charge >= 0.3 is 6.29 Å². The van der Waals surface area contributed by atoms with Crippen molar-refractivity contribution in [3.05, 3.63) is 83.4 Å². The number of halogens is 4. The van der Waals surface area contributed by atoms with E-state index in [1.807, 2.05) is 12.1 Å². The number of rotatable bonds is 7. The Labute approximate surface area is 184 Å². The van der Waals surface area contributed by atoms with Gasteiger partial charge in [0.1, 0.15) is 0 Å². The van der Waals surface area contributed by atoms with E-state index in [2.05, 4.69) is 28.5 Å². The van der Waals surface area contributed by atoms with Gasteiger partial charge in [0.2, 0.25) is 0 Å². The Morgan fingerprint density at radius 3 is 1.94 bits per heavy atom. The molecular weight excluding hydrogens is 420 g/mol. The van der Waals surface area contributed by atoms with Crippen molar-refractivity contribution in [2.45, 2.75) is 38.9 Å². The van der Waals surface area contributed by atoms with E-state index in [9.17, 15) is 17.6 Å². The first-order chi connectivity index (χ1) is 15.4. The lowest BCUT2D eigenvalue weighted by molar-refractivity contribution is -0.286. The first-order valence-electron chi connectivity index (χ1n) is 10.5. The van der Waals surface area contributed by atoms with Gasteiger partial charge in [0.05, 0.1) is 0 Å². The minimum absolute atomic E-state index is 0.0467. The maximum atomic E-state index is 14.7. The van der Waals surface area contributed by atoms with Gasteiger partial charge in [-0.2, -0.15) is 0 Å². The quantitative estimate of drug-likeness (QED) is 0.209. The molecule has 0 saturated carbocycles. The maximum absolute atomic E-state index is 14.7. The average molecular weight is 442 g/mol. The van der Waals surface area contributed by atoms with Gasteiger partial charge in [-0.1, -0.05) is 68.3 Å². The molecule has 0 amide bonds. The zero-order valence-electron chi connectivity index (χ0n) is 17.5. The molecule has 0 unspecified atom stereocenters. The molecule has 2 nitrogen and oxygen atoms in total. The van der Waals surface area contributed by atoms with Crippen molar-refractivity contribution >= 4 is 11.7 Å². The molecule has 0 N–H and O–H groups in total. The minimum Gasteiger partial charge on any atom is -0.395 e. The van der Waals surface area contributed by atoms with E-state index in [1.165, 1.54) is 30.5 Å². The second kappa shape index (κ2) is 9.07. The van der Waals surface area contributed by atoms with Crippen molar-refractivity contribution in [2.75, 3.05) is 0 Å². The van der Waals surface area contributed by atoms with Crippen LogP contribution in [0.1, 0.15) is 42.9 Å². The predicted molar refractivity (Wildman–Crippen MR) is 117 cm³/mol. The van der Waals surface area contributed by atoms with Crippen molar-refractivity contribution in [1.82, 2.24) is 0 Å². The summed E-state index contributed by atoms with van der Waals surface area (Å²) in [6, 6.07) is 17.9. The zero-order valence-corrected chi connectivity index (χ0v) is 17.5. The van der Waals surface area contributed by atoms with Gasteiger partial charge in [-0.3, -0.25) is 0 Å². The van der Waals surface area contributed by atoms with Crippen LogP contribution >= 0.6 is 0 Å². The van der Waals surface area contributed by atoms with Crippen LogP contribution in [-0.2, 0) is 6.42 Å². The monoisotopic (exact) mass is 442 g/mol. The largest absolute Gasteiger partial charge is 0.586 e. The number of ether oxygens (including phenoxy) is 2. The first kappa shape index (κ1) is 21.9. The van der Waals surface area contributed by atoms with Gasteiger partial charge in [0.15, 0.2) is 23.2 Å². The molecule has 0 aliphatic carbocycles. The molecule has 3 aromatic carbocycles. The van der Waals surface area contributed by atoms with E-state index in [0.717, 1.165) is 42.2 Å². The second-order valence-electron chi connectivity index (χ2n) is 7.69. The lowest BCUT2D eigenvalue weighted by atomic mass is 10.00. The summed E-state index contributed by atoms with van der Waals surface area (Å²) in [5.74, 6) is -2.83. The first-order valence-corrected chi connectivity index (χ1v) is 10.5. The van der Waals surface area contributed by atoms with E-state index in [1.54, 1.807) is 12.1 Å². The Hall–Kier alpha value is -3.28. The molecule has 0 radical (unpaired) electrons. The Balaban J connectivity index is 1.51. The van der Waals surface area contributed by atoms with Crippen molar-refractivity contribution in [2.24, 2.45) is 0 Å². The average Bonchev–Trinajstić information content (AvgIpc) is 3.12. The molecule has 0 saturated heterocycles. The van der Waals surface area contributed by atoms with Crippen molar-refractivity contribution in [1.29, 1.82) is 0 Å². The fraction of sp³-hybridized carbons (Fsp3) is 0.231. The predicted octanol–water partition coefficient (Wildman–Crippen LogP) is 8.17. The molecule has 166 valence electrons. The van der Waals surface area contributed by atoms with Crippen molar-refractivity contribution in [3.8, 4) is 22.6 Å². The smallest absolute Gasteiger partial charge is 0.395 e. The molecular formula is C26H22F4O2. The highest BCUT2D eigenvalue weighted by Gasteiger charge is 2.43. The van der Waals surface area contributed by atoms with Crippen LogP contribution in [0.2, 0.25) is 0 Å². The third-order valence-corrected chi connectivity index (χ3v) is 5.34. The molecule has 0 aromatic heterocycles. The Kier molecular flexibility index (Phi) is 6.21. The summed E-state index contributed by atoms with van der Waals surface area (Å²) in [7, 11) is 0. The van der Waals surface area contributed by atoms with Crippen LogP contribution in [0.25, 0.3) is 22.8 Å². The van der Waals surface area contributed by atoms with E-state index in [0.29, 0.717) is 0 Å². The number of benzene rings is 3. The van der Waals surface area contributed by atoms with E-state index >= 15 is 0 Å². The number of aryl methyl sites for hydroxylation is 1. The van der Waals surface area contributed by atoms with Crippen LogP contribution < -0.4 is 9.47 Å². The summed E-state index contributed by atoms with van der Waals surface area (Å²) in [5.41, 5.74) is 2.97. The number of unbranched alkanes of at least 4 members (excludes halogenated alkanes) is 2. The maximum Gasteiger partial charge on any atom is 0.586 e. The fourth-order valence-corrected chi connectivity index (χ4v) is 3.59. The van der Waals surface area contributed by atoms with Crippen LogP contribution in [-0.4, -0.2) is 6.29 Å². The molecule has 1 aliphatic heterocycles. The Bertz CT molecular complexity index is 1120.